The van der Waals surface area contributed by atoms with Gasteiger partial charge in [0, 0.05) is 18.9 Å². The van der Waals surface area contributed by atoms with Crippen molar-refractivity contribution < 1.29 is 32.7 Å². The van der Waals surface area contributed by atoms with Crippen LogP contribution >= 0.6 is 23.2 Å². The maximum absolute atomic E-state index is 14.4. The molecule has 6 rings (SSSR count). The number of halogens is 5. The van der Waals surface area contributed by atoms with Crippen LogP contribution in [0.1, 0.15) is 84.3 Å². The van der Waals surface area contributed by atoms with Crippen molar-refractivity contribution in [1.29, 1.82) is 0 Å². The molecule has 8 nitrogen and oxygen atoms in total. The minimum atomic E-state index is -4.90. The number of hydrogen-bond donors (Lipinski definition) is 1. The Balaban J connectivity index is 1.45. The van der Waals surface area contributed by atoms with Gasteiger partial charge in [-0.05, 0) is 63.2 Å². The van der Waals surface area contributed by atoms with Crippen molar-refractivity contribution in [2.24, 2.45) is 16.7 Å². The Hall–Kier alpha value is -2.66. The number of ketones is 1. The Morgan fingerprint density at radius 1 is 1.10 bits per heavy atom. The first kappa shape index (κ1) is 27.9. The number of carboxylic acids is 1. The highest BCUT2D eigenvalue weighted by atomic mass is 35.5. The molecule has 4 aliphatic rings. The zero-order chi connectivity index (χ0) is 28.3. The molecule has 0 unspecified atom stereocenters. The van der Waals surface area contributed by atoms with Gasteiger partial charge in [0.1, 0.15) is 0 Å². The van der Waals surface area contributed by atoms with Crippen molar-refractivity contribution >= 4 is 40.9 Å². The molecule has 0 aliphatic heterocycles. The van der Waals surface area contributed by atoms with Crippen LogP contribution in [0.4, 0.5) is 13.2 Å². The molecule has 0 radical (unpaired) electrons. The summed E-state index contributed by atoms with van der Waals surface area (Å²) in [5, 5.41) is 13.4. The molecule has 4 fully saturated rings. The Bertz CT molecular complexity index is 1300. The molecule has 0 atom stereocenters. The van der Waals surface area contributed by atoms with Gasteiger partial charge < -0.3 is 10.0 Å². The quantitative estimate of drug-likeness (QED) is 0.384. The third-order valence-corrected chi connectivity index (χ3v) is 9.23. The summed E-state index contributed by atoms with van der Waals surface area (Å²) in [4.78, 5) is 43.5. The average molecular weight is 587 g/mol. The first-order valence-electron chi connectivity index (χ1n) is 12.7. The lowest BCUT2D eigenvalue weighted by molar-refractivity contribution is -0.152. The van der Waals surface area contributed by atoms with E-state index in [1.165, 1.54) is 12.4 Å². The summed E-state index contributed by atoms with van der Waals surface area (Å²) in [5.41, 5.74) is -3.09. The van der Waals surface area contributed by atoms with Crippen LogP contribution in [0.2, 0.25) is 10.0 Å². The molecule has 4 saturated carbocycles. The van der Waals surface area contributed by atoms with E-state index in [2.05, 4.69) is 10.1 Å². The zero-order valence-electron chi connectivity index (χ0n) is 21.1. The summed E-state index contributed by atoms with van der Waals surface area (Å²) in [7, 11) is 0. The van der Waals surface area contributed by atoms with Crippen molar-refractivity contribution in [1.82, 2.24) is 19.7 Å². The number of carboxylic acid groups (broad SMARTS) is 1. The smallest absolute Gasteiger partial charge is 0.433 e. The number of carbonyl (C=O) groups is 3. The highest BCUT2D eigenvalue weighted by molar-refractivity contribution is 6.39. The van der Waals surface area contributed by atoms with Crippen LogP contribution in [0.25, 0.3) is 0 Å². The summed E-state index contributed by atoms with van der Waals surface area (Å²) in [6, 6.07) is -0.710. The number of alkyl halides is 3. The van der Waals surface area contributed by atoms with Gasteiger partial charge >= 0.3 is 12.1 Å². The van der Waals surface area contributed by atoms with Gasteiger partial charge in [-0.3, -0.25) is 24.0 Å². The fraction of sp³-hybridized carbons (Fsp3) is 0.577. The molecular weight excluding hydrogens is 560 g/mol. The van der Waals surface area contributed by atoms with Gasteiger partial charge in [-0.2, -0.15) is 18.3 Å². The van der Waals surface area contributed by atoms with Crippen LogP contribution in [-0.2, 0) is 11.0 Å². The highest BCUT2D eigenvalue weighted by Gasteiger charge is 2.57. The SMILES string of the molecule is CC1(C(=O)O)CCC(n2ncc(C(=O)N(CC(=O)c3c(Cl)cncc3Cl)CC34CC(C3)C4)c2C(F)(F)F)CC1. The topological polar surface area (TPSA) is 105 Å². The first-order chi connectivity index (χ1) is 18.2. The van der Waals surface area contributed by atoms with Crippen LogP contribution in [0, 0.1) is 16.7 Å². The number of amides is 1. The van der Waals surface area contributed by atoms with Crippen LogP contribution in [0.15, 0.2) is 18.6 Å². The van der Waals surface area contributed by atoms with Crippen molar-refractivity contribution in [3.63, 3.8) is 0 Å². The Labute approximate surface area is 232 Å². The van der Waals surface area contributed by atoms with Crippen molar-refractivity contribution in [3.05, 3.63) is 45.5 Å². The van der Waals surface area contributed by atoms with E-state index in [0.29, 0.717) is 5.92 Å². The minimum absolute atomic E-state index is 0.0140. The van der Waals surface area contributed by atoms with Crippen molar-refractivity contribution in [3.8, 4) is 0 Å². The number of Topliss-reactive ketones (excluding diaryl/α,β-unsaturated/α-hetero) is 1. The van der Waals surface area contributed by atoms with Crippen LogP contribution in [0.5, 0.6) is 0 Å². The second-order valence-corrected chi connectivity index (χ2v) is 12.3. The van der Waals surface area contributed by atoms with E-state index in [4.69, 9.17) is 23.2 Å². The third kappa shape index (κ3) is 5.03. The summed E-state index contributed by atoms with van der Waals surface area (Å²) >= 11 is 12.3. The van der Waals surface area contributed by atoms with Gasteiger partial charge in [0.25, 0.3) is 5.91 Å². The molecule has 1 amide bonds. The molecule has 4 aliphatic carbocycles. The number of aliphatic carboxylic acids is 1. The lowest BCUT2D eigenvalue weighted by atomic mass is 9.44. The van der Waals surface area contributed by atoms with Gasteiger partial charge in [-0.25, -0.2) is 0 Å². The summed E-state index contributed by atoms with van der Waals surface area (Å²) in [6.45, 7) is 1.21. The molecule has 1 N–H and O–H groups in total. The summed E-state index contributed by atoms with van der Waals surface area (Å²) in [5.74, 6) is -1.98. The lowest BCUT2D eigenvalue weighted by Crippen LogP contribution is -2.59. The maximum Gasteiger partial charge on any atom is 0.433 e. The molecule has 2 heterocycles. The van der Waals surface area contributed by atoms with Gasteiger partial charge in [0.2, 0.25) is 0 Å². The van der Waals surface area contributed by atoms with Gasteiger partial charge in [-0.15, -0.1) is 0 Å². The van der Waals surface area contributed by atoms with E-state index in [1.807, 2.05) is 0 Å². The van der Waals surface area contributed by atoms with Crippen molar-refractivity contribution in [2.75, 3.05) is 13.1 Å². The predicted octanol–water partition coefficient (Wildman–Crippen LogP) is 5.93. The lowest BCUT2D eigenvalue weighted by Gasteiger charge is -2.63. The Morgan fingerprint density at radius 3 is 2.18 bits per heavy atom. The fourth-order valence-corrected chi connectivity index (χ4v) is 6.91. The number of aromatic nitrogens is 3. The van der Waals surface area contributed by atoms with E-state index in [9.17, 15) is 32.7 Å². The monoisotopic (exact) mass is 586 g/mol. The number of carbonyl (C=O) groups excluding carboxylic acids is 2. The summed E-state index contributed by atoms with van der Waals surface area (Å²) < 4.78 is 44.1. The maximum atomic E-state index is 14.4. The van der Waals surface area contributed by atoms with Gasteiger partial charge in [0.15, 0.2) is 11.5 Å². The fourth-order valence-electron chi connectivity index (χ4n) is 6.33. The largest absolute Gasteiger partial charge is 0.481 e. The third-order valence-electron chi connectivity index (χ3n) is 8.66. The molecule has 0 spiro atoms. The van der Waals surface area contributed by atoms with Crippen LogP contribution < -0.4 is 0 Å². The Kier molecular flexibility index (Phi) is 6.98. The minimum Gasteiger partial charge on any atom is -0.481 e. The molecule has 0 saturated heterocycles. The standard InChI is InChI=1S/C26H27Cl2F3N4O4/c1-24(23(38)39)4-2-15(3-5-24)35-21(26(29,30)31)16(9-33-35)22(37)34(13-25-6-14(7-25)8-25)12-19(36)20-17(27)10-32-11-18(20)28/h9-11,14-15H,2-8,12-13H2,1H3,(H,38,39). The average Bonchev–Trinajstić information content (AvgIpc) is 3.25. The second-order valence-electron chi connectivity index (χ2n) is 11.5. The number of pyridine rings is 1. The summed E-state index contributed by atoms with van der Waals surface area (Å²) in [6.07, 6.45) is 1.77. The highest BCUT2D eigenvalue weighted by Crippen LogP contribution is 2.64. The second kappa shape index (κ2) is 9.76. The van der Waals surface area contributed by atoms with E-state index in [-0.39, 0.29) is 53.3 Å². The molecule has 2 bridgehead atoms. The first-order valence-corrected chi connectivity index (χ1v) is 13.5. The normalized spacial score (nSPS) is 27.8. The number of nitrogens with zero attached hydrogens (tertiary/aromatic N) is 4. The number of rotatable bonds is 8. The van der Waals surface area contributed by atoms with Gasteiger partial charge in [-0.1, -0.05) is 23.2 Å². The molecule has 13 heteroatoms. The molecule has 210 valence electrons. The number of hydrogen-bond acceptors (Lipinski definition) is 5. The van der Waals surface area contributed by atoms with Crippen LogP contribution in [-0.4, -0.2) is 55.5 Å². The molecule has 2 aromatic rings. The molecule has 0 aromatic carbocycles. The Morgan fingerprint density at radius 2 is 1.69 bits per heavy atom. The van der Waals surface area contributed by atoms with Crippen LogP contribution in [0.3, 0.4) is 0 Å². The van der Waals surface area contributed by atoms with E-state index in [0.717, 1.165) is 35.0 Å². The zero-order valence-corrected chi connectivity index (χ0v) is 22.6. The molecule has 2 aromatic heterocycles. The molecule has 39 heavy (non-hydrogen) atoms. The predicted molar refractivity (Wildman–Crippen MR) is 135 cm³/mol. The van der Waals surface area contributed by atoms with E-state index < -0.39 is 53.1 Å². The van der Waals surface area contributed by atoms with E-state index >= 15 is 0 Å². The van der Waals surface area contributed by atoms with E-state index in [1.54, 1.807) is 6.92 Å². The van der Waals surface area contributed by atoms with Gasteiger partial charge in [0.05, 0.1) is 45.4 Å². The van der Waals surface area contributed by atoms with Crippen molar-refractivity contribution in [2.45, 2.75) is 64.1 Å². The molecular formula is C26H27Cl2F3N4O4.